The molecule has 0 spiro atoms. The summed E-state index contributed by atoms with van der Waals surface area (Å²) >= 11 is 0. The van der Waals surface area contributed by atoms with Gasteiger partial charge in [0.05, 0.1) is 4.92 Å². The predicted octanol–water partition coefficient (Wildman–Crippen LogP) is 2.36. The Bertz CT molecular complexity index is 526. The fourth-order valence-electron chi connectivity index (χ4n) is 2.33. The van der Waals surface area contributed by atoms with Crippen LogP contribution in [0.5, 0.6) is 0 Å². The highest BCUT2D eigenvalue weighted by molar-refractivity contribution is 5.44. The minimum Gasteiger partial charge on any atom is -0.304 e. The van der Waals surface area contributed by atoms with Gasteiger partial charge in [-0.05, 0) is 18.7 Å². The van der Waals surface area contributed by atoms with Crippen LogP contribution in [0.15, 0.2) is 18.2 Å². The zero-order valence-corrected chi connectivity index (χ0v) is 11.6. The van der Waals surface area contributed by atoms with Gasteiger partial charge in [-0.25, -0.2) is 0 Å². The van der Waals surface area contributed by atoms with E-state index in [1.807, 2.05) is 11.9 Å². The number of rotatable bonds is 3. The summed E-state index contributed by atoms with van der Waals surface area (Å²) in [6, 6.07) is 3.22. The number of nitro benzene ring substituents is 1. The lowest BCUT2D eigenvalue weighted by Crippen LogP contribution is -2.43. The second kappa shape index (κ2) is 5.98. The molecule has 0 saturated carbocycles. The minimum atomic E-state index is -4.72. The summed E-state index contributed by atoms with van der Waals surface area (Å²) in [5, 5.41) is 10.7. The maximum Gasteiger partial charge on any atom is 0.423 e. The van der Waals surface area contributed by atoms with E-state index < -0.39 is 22.4 Å². The van der Waals surface area contributed by atoms with E-state index in [0.29, 0.717) is 12.1 Å². The molecule has 0 aliphatic carbocycles. The third-order valence-electron chi connectivity index (χ3n) is 3.57. The SMILES string of the molecule is CN1CCN(Cc2ccc([N+](=O)[O-])c(C(F)(F)F)c2)CC1. The first kappa shape index (κ1) is 15.7. The Morgan fingerprint density at radius 3 is 2.38 bits per heavy atom. The van der Waals surface area contributed by atoms with Crippen LogP contribution in [0.2, 0.25) is 0 Å². The number of piperazine rings is 1. The summed E-state index contributed by atoms with van der Waals surface area (Å²) in [4.78, 5) is 13.9. The predicted molar refractivity (Wildman–Crippen MR) is 70.9 cm³/mol. The average molecular weight is 303 g/mol. The second-order valence-electron chi connectivity index (χ2n) is 5.19. The molecule has 2 rings (SSSR count). The van der Waals surface area contributed by atoms with Crippen molar-refractivity contribution in [3.8, 4) is 0 Å². The highest BCUT2D eigenvalue weighted by Crippen LogP contribution is 2.36. The van der Waals surface area contributed by atoms with Gasteiger partial charge < -0.3 is 4.90 Å². The first-order valence-electron chi connectivity index (χ1n) is 6.53. The quantitative estimate of drug-likeness (QED) is 0.635. The molecule has 0 N–H and O–H groups in total. The van der Waals surface area contributed by atoms with Gasteiger partial charge in [-0.1, -0.05) is 6.07 Å². The zero-order valence-electron chi connectivity index (χ0n) is 11.6. The maximum atomic E-state index is 12.9. The Morgan fingerprint density at radius 2 is 1.86 bits per heavy atom. The molecule has 1 saturated heterocycles. The van der Waals surface area contributed by atoms with Crippen molar-refractivity contribution >= 4 is 5.69 Å². The summed E-state index contributed by atoms with van der Waals surface area (Å²) < 4.78 is 38.7. The topological polar surface area (TPSA) is 49.6 Å². The van der Waals surface area contributed by atoms with Crippen LogP contribution in [0, 0.1) is 10.1 Å². The molecule has 1 fully saturated rings. The summed E-state index contributed by atoms with van der Waals surface area (Å²) in [6.07, 6.45) is -4.72. The van der Waals surface area contributed by atoms with E-state index in [9.17, 15) is 23.3 Å². The number of nitrogens with zero attached hydrogens (tertiary/aromatic N) is 3. The molecule has 0 unspecified atom stereocenters. The molecule has 1 aliphatic rings. The van der Waals surface area contributed by atoms with Crippen LogP contribution >= 0.6 is 0 Å². The Kier molecular flexibility index (Phi) is 4.48. The molecule has 1 aromatic carbocycles. The van der Waals surface area contributed by atoms with E-state index in [0.717, 1.165) is 38.3 Å². The number of alkyl halides is 3. The van der Waals surface area contributed by atoms with Crippen molar-refractivity contribution in [3.05, 3.63) is 39.4 Å². The van der Waals surface area contributed by atoms with Crippen LogP contribution in [0.1, 0.15) is 11.1 Å². The van der Waals surface area contributed by atoms with Crippen molar-refractivity contribution < 1.29 is 18.1 Å². The van der Waals surface area contributed by atoms with E-state index in [4.69, 9.17) is 0 Å². The Hall–Kier alpha value is -1.67. The van der Waals surface area contributed by atoms with Gasteiger partial charge >= 0.3 is 6.18 Å². The van der Waals surface area contributed by atoms with Gasteiger partial charge in [0.2, 0.25) is 0 Å². The van der Waals surface area contributed by atoms with Gasteiger partial charge in [0.1, 0.15) is 5.56 Å². The number of halogens is 3. The molecule has 116 valence electrons. The summed E-state index contributed by atoms with van der Waals surface area (Å²) in [6.45, 7) is 3.64. The van der Waals surface area contributed by atoms with Crippen molar-refractivity contribution in [2.24, 2.45) is 0 Å². The molecule has 0 atom stereocenters. The summed E-state index contributed by atoms with van der Waals surface area (Å²) in [5.74, 6) is 0. The monoisotopic (exact) mass is 303 g/mol. The number of likely N-dealkylation sites (N-methyl/N-ethyl adjacent to an activating group) is 1. The highest BCUT2D eigenvalue weighted by atomic mass is 19.4. The molecule has 5 nitrogen and oxygen atoms in total. The fourth-order valence-corrected chi connectivity index (χ4v) is 2.33. The van der Waals surface area contributed by atoms with E-state index in [1.165, 1.54) is 6.07 Å². The Labute approximate surface area is 120 Å². The largest absolute Gasteiger partial charge is 0.423 e. The summed E-state index contributed by atoms with van der Waals surface area (Å²) in [7, 11) is 1.99. The fraction of sp³-hybridized carbons (Fsp3) is 0.538. The lowest BCUT2D eigenvalue weighted by Gasteiger charge is -2.32. The van der Waals surface area contributed by atoms with E-state index in [-0.39, 0.29) is 0 Å². The molecule has 0 radical (unpaired) electrons. The minimum absolute atomic E-state index is 0.370. The molecule has 8 heteroatoms. The standard InChI is InChI=1S/C13H16F3N3O2/c1-17-4-6-18(7-5-17)9-10-2-3-12(19(20)21)11(8-10)13(14,15)16/h2-3,8H,4-7,9H2,1H3. The lowest BCUT2D eigenvalue weighted by molar-refractivity contribution is -0.388. The molecule has 21 heavy (non-hydrogen) atoms. The molecule has 1 aromatic rings. The second-order valence-corrected chi connectivity index (χ2v) is 5.19. The molecule has 1 aliphatic heterocycles. The van der Waals surface area contributed by atoms with Gasteiger partial charge in [0, 0.05) is 38.8 Å². The van der Waals surface area contributed by atoms with Crippen molar-refractivity contribution in [2.75, 3.05) is 33.2 Å². The van der Waals surface area contributed by atoms with Crippen LogP contribution in [-0.2, 0) is 12.7 Å². The molecular formula is C13H16F3N3O2. The molecule has 0 aromatic heterocycles. The van der Waals surface area contributed by atoms with Crippen molar-refractivity contribution in [1.29, 1.82) is 0 Å². The zero-order chi connectivity index (χ0) is 15.6. The Balaban J connectivity index is 2.20. The molecule has 0 bridgehead atoms. The van der Waals surface area contributed by atoms with Crippen molar-refractivity contribution in [2.45, 2.75) is 12.7 Å². The number of nitro groups is 1. The first-order valence-corrected chi connectivity index (χ1v) is 6.53. The van der Waals surface area contributed by atoms with Crippen molar-refractivity contribution in [3.63, 3.8) is 0 Å². The van der Waals surface area contributed by atoms with Crippen LogP contribution < -0.4 is 0 Å². The summed E-state index contributed by atoms with van der Waals surface area (Å²) in [5.41, 5.74) is -1.64. The number of benzene rings is 1. The van der Waals surface area contributed by atoms with Crippen LogP contribution in [0.3, 0.4) is 0 Å². The van der Waals surface area contributed by atoms with Crippen molar-refractivity contribution in [1.82, 2.24) is 9.80 Å². The van der Waals surface area contributed by atoms with Gasteiger partial charge in [0.25, 0.3) is 5.69 Å². The van der Waals surface area contributed by atoms with E-state index >= 15 is 0 Å². The van der Waals surface area contributed by atoms with Gasteiger partial charge in [0.15, 0.2) is 0 Å². The van der Waals surface area contributed by atoms with Gasteiger partial charge in [-0.2, -0.15) is 13.2 Å². The maximum absolute atomic E-state index is 12.9. The van der Waals surface area contributed by atoms with Gasteiger partial charge in [-0.15, -0.1) is 0 Å². The molecule has 1 heterocycles. The van der Waals surface area contributed by atoms with Crippen LogP contribution in [0.25, 0.3) is 0 Å². The van der Waals surface area contributed by atoms with E-state index in [2.05, 4.69) is 4.90 Å². The smallest absolute Gasteiger partial charge is 0.304 e. The molecule has 0 amide bonds. The lowest BCUT2D eigenvalue weighted by atomic mass is 10.1. The highest BCUT2D eigenvalue weighted by Gasteiger charge is 2.38. The third-order valence-corrected chi connectivity index (χ3v) is 3.57. The Morgan fingerprint density at radius 1 is 1.24 bits per heavy atom. The normalized spacial score (nSPS) is 17.9. The number of hydrogen-bond donors (Lipinski definition) is 0. The number of hydrogen-bond acceptors (Lipinski definition) is 4. The van der Waals surface area contributed by atoms with E-state index in [1.54, 1.807) is 0 Å². The van der Waals surface area contributed by atoms with Crippen LogP contribution in [-0.4, -0.2) is 47.9 Å². The third kappa shape index (κ3) is 3.92. The van der Waals surface area contributed by atoms with Crippen LogP contribution in [0.4, 0.5) is 18.9 Å². The molecular weight excluding hydrogens is 287 g/mol. The first-order chi connectivity index (χ1) is 9.77. The average Bonchev–Trinajstić information content (AvgIpc) is 2.40. The van der Waals surface area contributed by atoms with Gasteiger partial charge in [-0.3, -0.25) is 15.0 Å².